The summed E-state index contributed by atoms with van der Waals surface area (Å²) in [5.41, 5.74) is 0.982. The molecule has 146 valence electrons. The molecule has 3 unspecified atom stereocenters. The Morgan fingerprint density at radius 2 is 2.11 bits per heavy atom. The number of nitrogens with one attached hydrogen (secondary N) is 2. The lowest BCUT2D eigenvalue weighted by atomic mass is 9.84. The molecule has 1 aliphatic carbocycles. The number of methoxy groups -OCH3 is 1. The Morgan fingerprint density at radius 3 is 2.81 bits per heavy atom. The zero-order valence-electron chi connectivity index (χ0n) is 16.0. The number of ether oxygens (including phenoxy) is 1. The van der Waals surface area contributed by atoms with E-state index in [1.807, 2.05) is 30.3 Å². The van der Waals surface area contributed by atoms with Crippen molar-refractivity contribution in [2.24, 2.45) is 5.92 Å². The number of fused-ring (bicyclic) bond motifs is 1. The molecule has 2 fully saturated rings. The number of benzene rings is 1. The lowest BCUT2D eigenvalue weighted by molar-refractivity contribution is -0.127. The fourth-order valence-electron chi connectivity index (χ4n) is 3.61. The fourth-order valence-corrected chi connectivity index (χ4v) is 4.91. The summed E-state index contributed by atoms with van der Waals surface area (Å²) in [5, 5.41) is 6.50. The molecule has 0 radical (unpaired) electrons. The molecule has 1 aromatic carbocycles. The summed E-state index contributed by atoms with van der Waals surface area (Å²) in [4.78, 5) is 25.6. The minimum absolute atomic E-state index is 0.0103. The highest BCUT2D eigenvalue weighted by Crippen LogP contribution is 2.40. The summed E-state index contributed by atoms with van der Waals surface area (Å²) in [6.45, 7) is 2.86. The monoisotopic (exact) mass is 388 g/mol. The highest BCUT2D eigenvalue weighted by atomic mass is 32.2. The van der Waals surface area contributed by atoms with E-state index >= 15 is 0 Å². The summed E-state index contributed by atoms with van der Waals surface area (Å²) in [5.74, 6) is 0.912. The number of amides is 2. The third-order valence-electron chi connectivity index (χ3n) is 5.22. The minimum Gasteiger partial charge on any atom is -0.497 e. The molecule has 6 heteroatoms. The summed E-state index contributed by atoms with van der Waals surface area (Å²) in [6, 6.07) is 7.75. The maximum absolute atomic E-state index is 12.5. The molecule has 0 spiro atoms. The largest absolute Gasteiger partial charge is 0.497 e. The van der Waals surface area contributed by atoms with Gasteiger partial charge in [0.05, 0.1) is 12.0 Å². The van der Waals surface area contributed by atoms with E-state index in [9.17, 15) is 9.59 Å². The van der Waals surface area contributed by atoms with Crippen LogP contribution in [0.4, 0.5) is 0 Å². The second kappa shape index (κ2) is 9.31. The van der Waals surface area contributed by atoms with Crippen LogP contribution in [0.3, 0.4) is 0 Å². The van der Waals surface area contributed by atoms with E-state index in [1.54, 1.807) is 18.9 Å². The average Bonchev–Trinajstić information content (AvgIpc) is 2.69. The smallest absolute Gasteiger partial charge is 0.257 e. The van der Waals surface area contributed by atoms with Gasteiger partial charge in [-0.25, -0.2) is 0 Å². The number of thioether (sulfide) groups is 1. The molecule has 3 rings (SSSR count). The van der Waals surface area contributed by atoms with Crippen LogP contribution in [0.5, 0.6) is 5.75 Å². The molecule has 3 atom stereocenters. The van der Waals surface area contributed by atoms with Gasteiger partial charge in [-0.15, -0.1) is 11.8 Å². The van der Waals surface area contributed by atoms with E-state index in [2.05, 4.69) is 17.6 Å². The normalized spacial score (nSPS) is 26.2. The Hall–Kier alpha value is -1.95. The first-order chi connectivity index (χ1) is 13.1. The minimum atomic E-state index is -0.0379. The number of unbranched alkanes of at least 4 members (excludes halogenated alkanes) is 1. The van der Waals surface area contributed by atoms with Gasteiger partial charge in [0.15, 0.2) is 0 Å². The molecule has 1 heterocycles. The van der Waals surface area contributed by atoms with Crippen molar-refractivity contribution >= 4 is 29.7 Å². The second-order valence-electron chi connectivity index (χ2n) is 7.17. The van der Waals surface area contributed by atoms with Crippen LogP contribution in [0.2, 0.25) is 0 Å². The van der Waals surface area contributed by atoms with E-state index in [0.717, 1.165) is 54.9 Å². The van der Waals surface area contributed by atoms with Gasteiger partial charge in [-0.3, -0.25) is 9.59 Å². The maximum atomic E-state index is 12.5. The van der Waals surface area contributed by atoms with Crippen molar-refractivity contribution in [3.8, 4) is 5.75 Å². The summed E-state index contributed by atoms with van der Waals surface area (Å²) in [7, 11) is 1.64. The predicted octanol–water partition coefficient (Wildman–Crippen LogP) is 3.35. The molecular formula is C21H28N2O3S. The average molecular weight is 389 g/mol. The zero-order chi connectivity index (χ0) is 19.2. The Balaban J connectivity index is 1.60. The van der Waals surface area contributed by atoms with Crippen molar-refractivity contribution in [3.05, 3.63) is 34.7 Å². The molecule has 1 aliphatic heterocycles. The first-order valence-corrected chi connectivity index (χ1v) is 10.6. The molecule has 27 heavy (non-hydrogen) atoms. The zero-order valence-corrected chi connectivity index (χ0v) is 16.8. The second-order valence-corrected chi connectivity index (χ2v) is 8.45. The molecule has 5 nitrogen and oxygen atoms in total. The Bertz CT molecular complexity index is 702. The van der Waals surface area contributed by atoms with Gasteiger partial charge in [0.2, 0.25) is 5.91 Å². The van der Waals surface area contributed by atoms with Crippen molar-refractivity contribution in [2.75, 3.05) is 13.7 Å². The number of hydrogen-bond acceptors (Lipinski definition) is 4. The van der Waals surface area contributed by atoms with Crippen molar-refractivity contribution in [3.63, 3.8) is 0 Å². The van der Waals surface area contributed by atoms with Gasteiger partial charge in [0.25, 0.3) is 5.91 Å². The molecule has 2 amide bonds. The van der Waals surface area contributed by atoms with Crippen LogP contribution in [0.1, 0.15) is 44.6 Å². The van der Waals surface area contributed by atoms with Crippen LogP contribution in [0.15, 0.2) is 29.2 Å². The van der Waals surface area contributed by atoms with Gasteiger partial charge in [0, 0.05) is 23.8 Å². The van der Waals surface area contributed by atoms with Crippen molar-refractivity contribution < 1.29 is 14.3 Å². The van der Waals surface area contributed by atoms with Crippen LogP contribution in [-0.2, 0) is 9.59 Å². The van der Waals surface area contributed by atoms with E-state index in [1.165, 1.54) is 0 Å². The molecule has 2 aliphatic rings. The van der Waals surface area contributed by atoms with Crippen LogP contribution in [-0.4, -0.2) is 36.8 Å². The fraction of sp³-hybridized carbons (Fsp3) is 0.524. The van der Waals surface area contributed by atoms with E-state index in [-0.39, 0.29) is 23.8 Å². The lowest BCUT2D eigenvalue weighted by Gasteiger charge is -2.39. The van der Waals surface area contributed by atoms with Gasteiger partial charge in [-0.05, 0) is 49.5 Å². The van der Waals surface area contributed by atoms with E-state index in [4.69, 9.17) is 4.74 Å². The lowest BCUT2D eigenvalue weighted by Crippen LogP contribution is -2.51. The summed E-state index contributed by atoms with van der Waals surface area (Å²) < 4.78 is 5.17. The predicted molar refractivity (Wildman–Crippen MR) is 110 cm³/mol. The standard InChI is InChI=1S/C21H28N2O3S/c1-3-4-11-22-20(24)15-7-10-18-17(13-15)23-21(25)19(27-18)12-14-5-8-16(26-2)9-6-14/h5-6,8-9,12,15,17-18H,3-4,7,10-11,13H2,1-2H3,(H,22,24)(H,23,25)/b19-12+. The van der Waals surface area contributed by atoms with E-state index in [0.29, 0.717) is 5.25 Å². The van der Waals surface area contributed by atoms with Crippen LogP contribution in [0, 0.1) is 5.92 Å². The van der Waals surface area contributed by atoms with Crippen LogP contribution < -0.4 is 15.4 Å². The Labute approximate surface area is 165 Å². The van der Waals surface area contributed by atoms with Gasteiger partial charge in [-0.1, -0.05) is 25.5 Å². The van der Waals surface area contributed by atoms with Gasteiger partial charge in [-0.2, -0.15) is 0 Å². The van der Waals surface area contributed by atoms with E-state index < -0.39 is 0 Å². The quantitative estimate of drug-likeness (QED) is 0.579. The van der Waals surface area contributed by atoms with Crippen LogP contribution >= 0.6 is 11.8 Å². The van der Waals surface area contributed by atoms with Crippen LogP contribution in [0.25, 0.3) is 6.08 Å². The topological polar surface area (TPSA) is 67.4 Å². The van der Waals surface area contributed by atoms with Crippen molar-refractivity contribution in [1.82, 2.24) is 10.6 Å². The molecule has 1 aromatic rings. The van der Waals surface area contributed by atoms with Crippen molar-refractivity contribution in [2.45, 2.75) is 50.3 Å². The first-order valence-electron chi connectivity index (χ1n) is 9.71. The van der Waals surface area contributed by atoms with Gasteiger partial charge >= 0.3 is 0 Å². The highest BCUT2D eigenvalue weighted by molar-refractivity contribution is 8.04. The number of carbonyl (C=O) groups excluding carboxylic acids is 2. The number of hydrogen-bond donors (Lipinski definition) is 2. The summed E-state index contributed by atoms with van der Waals surface area (Å²) >= 11 is 1.65. The SMILES string of the molecule is CCCCNC(=O)C1CCC2S/C(=C/c3ccc(OC)cc3)C(=O)NC2C1. The molecule has 1 saturated carbocycles. The van der Waals surface area contributed by atoms with Gasteiger partial charge in [0.1, 0.15) is 5.75 Å². The highest BCUT2D eigenvalue weighted by Gasteiger charge is 2.39. The molecule has 0 bridgehead atoms. The third-order valence-corrected chi connectivity index (χ3v) is 6.64. The number of rotatable bonds is 6. The molecule has 0 aromatic heterocycles. The number of carbonyl (C=O) groups is 2. The third kappa shape index (κ3) is 5.06. The molecule has 2 N–H and O–H groups in total. The molecule has 1 saturated heterocycles. The molecular weight excluding hydrogens is 360 g/mol. The Kier molecular flexibility index (Phi) is 6.83. The first kappa shape index (κ1) is 19.8. The Morgan fingerprint density at radius 1 is 1.33 bits per heavy atom. The van der Waals surface area contributed by atoms with Crippen molar-refractivity contribution in [1.29, 1.82) is 0 Å². The van der Waals surface area contributed by atoms with Gasteiger partial charge < -0.3 is 15.4 Å². The maximum Gasteiger partial charge on any atom is 0.257 e. The summed E-state index contributed by atoms with van der Waals surface area (Å²) in [6.07, 6.45) is 6.58.